The van der Waals surface area contributed by atoms with Gasteiger partial charge in [-0.15, -0.1) is 0 Å². The average molecular weight is 804 g/mol. The average Bonchev–Trinajstić information content (AvgIpc) is 3.70. The zero-order chi connectivity index (χ0) is 42.1. The van der Waals surface area contributed by atoms with Crippen LogP contribution in [0.3, 0.4) is 0 Å². The summed E-state index contributed by atoms with van der Waals surface area (Å²) in [6, 6.07) is 79.9. The summed E-state index contributed by atoms with van der Waals surface area (Å²) in [7, 11) is 0. The number of rotatable bonds is 8. The fourth-order valence-electron chi connectivity index (χ4n) is 8.57. The van der Waals surface area contributed by atoms with Gasteiger partial charge in [0.25, 0.3) is 0 Å². The Kier molecular flexibility index (Phi) is 9.50. The van der Waals surface area contributed by atoms with E-state index in [4.69, 9.17) is 15.0 Å². The van der Waals surface area contributed by atoms with Gasteiger partial charge in [-0.2, -0.15) is 5.26 Å². The highest BCUT2D eigenvalue weighted by Gasteiger charge is 2.19. The summed E-state index contributed by atoms with van der Waals surface area (Å²) in [5, 5.41) is 12.7. The molecule has 0 spiro atoms. The first-order valence-electron chi connectivity index (χ1n) is 21.0. The van der Waals surface area contributed by atoms with Crippen LogP contribution in [-0.2, 0) is 0 Å². The molecule has 5 heteroatoms. The minimum atomic E-state index is 0.539. The van der Waals surface area contributed by atoms with Gasteiger partial charge in [-0.1, -0.05) is 170 Å². The number of nitriles is 1. The normalized spacial score (nSPS) is 11.2. The van der Waals surface area contributed by atoms with Crippen molar-refractivity contribution in [3.63, 3.8) is 0 Å². The number of benzene rings is 9. The third-order valence-electron chi connectivity index (χ3n) is 11.6. The molecule has 0 unspecified atom stereocenters. The van der Waals surface area contributed by atoms with Crippen LogP contribution in [0.5, 0.6) is 0 Å². The van der Waals surface area contributed by atoms with Gasteiger partial charge in [0.1, 0.15) is 0 Å². The molecule has 0 aliphatic heterocycles. The quantitative estimate of drug-likeness (QED) is 0.153. The summed E-state index contributed by atoms with van der Waals surface area (Å²) < 4.78 is 2.35. The van der Waals surface area contributed by atoms with Gasteiger partial charge in [0.15, 0.2) is 17.5 Å². The first kappa shape index (κ1) is 37.3. The maximum atomic E-state index is 10.4. The molecule has 2 heterocycles. The Labute approximate surface area is 365 Å². The van der Waals surface area contributed by atoms with Crippen molar-refractivity contribution in [2.24, 2.45) is 0 Å². The summed E-state index contributed by atoms with van der Waals surface area (Å²) in [5.74, 6) is 1.69. The molecule has 5 nitrogen and oxygen atoms in total. The lowest BCUT2D eigenvalue weighted by molar-refractivity contribution is 1.07. The van der Waals surface area contributed by atoms with Gasteiger partial charge in [-0.3, -0.25) is 0 Å². The van der Waals surface area contributed by atoms with Crippen LogP contribution in [0.15, 0.2) is 224 Å². The van der Waals surface area contributed by atoms with Crippen LogP contribution < -0.4 is 0 Å². The Morgan fingerprint density at radius 2 is 0.730 bits per heavy atom. The molecule has 2 aromatic heterocycles. The summed E-state index contributed by atoms with van der Waals surface area (Å²) in [6.45, 7) is 0. The van der Waals surface area contributed by atoms with Crippen LogP contribution in [0.4, 0.5) is 0 Å². The van der Waals surface area contributed by atoms with E-state index in [0.29, 0.717) is 23.0 Å². The summed E-state index contributed by atoms with van der Waals surface area (Å²) in [4.78, 5) is 15.6. The molecular weight excluding hydrogens is 767 g/mol. The van der Waals surface area contributed by atoms with Crippen LogP contribution >= 0.6 is 0 Å². The van der Waals surface area contributed by atoms with Gasteiger partial charge in [0.05, 0.1) is 22.7 Å². The van der Waals surface area contributed by atoms with Gasteiger partial charge >= 0.3 is 0 Å². The number of hydrogen-bond donors (Lipinski definition) is 0. The third kappa shape index (κ3) is 7.22. The number of aromatic nitrogens is 4. The van der Waals surface area contributed by atoms with E-state index in [1.165, 1.54) is 0 Å². The molecule has 0 N–H and O–H groups in total. The molecule has 0 fully saturated rings. The zero-order valence-corrected chi connectivity index (χ0v) is 34.1. The standard InChI is InChI=1S/C58H37N5/c59-38-39-30-47(42-20-9-3-10-21-42)33-48(31-39)49-34-50(36-51(35-49)63-54-27-14-13-26-52(54)53-29-28-45(37-55(53)63)41-18-7-2-8-19-41)58-61-56(43-22-11-4-12-23-43)60-57(62-58)46-25-15-24-44(32-46)40-16-5-1-6-17-40/h1-37H. The second-order valence-electron chi connectivity index (χ2n) is 15.6. The number of fused-ring (bicyclic) bond motifs is 3. The lowest BCUT2D eigenvalue weighted by atomic mass is 9.95. The van der Waals surface area contributed by atoms with Crippen LogP contribution in [0, 0.1) is 11.3 Å². The highest BCUT2D eigenvalue weighted by Crippen LogP contribution is 2.39. The lowest BCUT2D eigenvalue weighted by Crippen LogP contribution is -2.02. The van der Waals surface area contributed by atoms with E-state index < -0.39 is 0 Å². The molecule has 9 aromatic carbocycles. The first-order chi connectivity index (χ1) is 31.1. The van der Waals surface area contributed by atoms with Crippen molar-refractivity contribution in [2.45, 2.75) is 0 Å². The second-order valence-corrected chi connectivity index (χ2v) is 15.6. The first-order valence-corrected chi connectivity index (χ1v) is 21.0. The van der Waals surface area contributed by atoms with Crippen LogP contribution in [0.1, 0.15) is 5.56 Å². The van der Waals surface area contributed by atoms with E-state index in [1.807, 2.05) is 72.8 Å². The number of para-hydroxylation sites is 1. The number of nitrogens with zero attached hydrogens (tertiary/aromatic N) is 5. The summed E-state index contributed by atoms with van der Waals surface area (Å²) >= 11 is 0. The lowest BCUT2D eigenvalue weighted by Gasteiger charge is -2.15. The molecule has 0 aliphatic carbocycles. The Morgan fingerprint density at radius 1 is 0.302 bits per heavy atom. The van der Waals surface area contributed by atoms with Crippen molar-refractivity contribution in [2.75, 3.05) is 0 Å². The van der Waals surface area contributed by atoms with Gasteiger partial charge < -0.3 is 4.57 Å². The molecule has 0 atom stereocenters. The fraction of sp³-hybridized carbons (Fsp3) is 0. The van der Waals surface area contributed by atoms with Crippen molar-refractivity contribution >= 4 is 21.8 Å². The molecule has 11 aromatic rings. The molecule has 0 radical (unpaired) electrons. The van der Waals surface area contributed by atoms with Gasteiger partial charge in [0.2, 0.25) is 0 Å². The molecule has 294 valence electrons. The fourth-order valence-corrected chi connectivity index (χ4v) is 8.57. The van der Waals surface area contributed by atoms with Crippen molar-refractivity contribution in [3.8, 4) is 90.4 Å². The highest BCUT2D eigenvalue weighted by atomic mass is 15.0. The van der Waals surface area contributed by atoms with Crippen molar-refractivity contribution in [1.82, 2.24) is 19.5 Å². The Morgan fingerprint density at radius 3 is 1.38 bits per heavy atom. The van der Waals surface area contributed by atoms with Crippen molar-refractivity contribution in [1.29, 1.82) is 5.26 Å². The van der Waals surface area contributed by atoms with E-state index in [-0.39, 0.29) is 0 Å². The largest absolute Gasteiger partial charge is 0.309 e. The van der Waals surface area contributed by atoms with E-state index in [9.17, 15) is 5.26 Å². The van der Waals surface area contributed by atoms with E-state index in [2.05, 4.69) is 162 Å². The summed E-state index contributed by atoms with van der Waals surface area (Å²) in [5.41, 5.74) is 14.6. The topological polar surface area (TPSA) is 67.4 Å². The van der Waals surface area contributed by atoms with Gasteiger partial charge in [0, 0.05) is 33.2 Å². The maximum absolute atomic E-state index is 10.4. The molecule has 11 rings (SSSR count). The minimum absolute atomic E-state index is 0.539. The number of hydrogen-bond acceptors (Lipinski definition) is 4. The van der Waals surface area contributed by atoms with E-state index >= 15 is 0 Å². The van der Waals surface area contributed by atoms with Crippen molar-refractivity contribution in [3.05, 3.63) is 230 Å². The van der Waals surface area contributed by atoms with Gasteiger partial charge in [-0.25, -0.2) is 15.0 Å². The third-order valence-corrected chi connectivity index (χ3v) is 11.6. The van der Waals surface area contributed by atoms with Crippen LogP contribution in [0.25, 0.3) is 106 Å². The zero-order valence-electron chi connectivity index (χ0n) is 34.1. The molecule has 0 aliphatic rings. The predicted molar refractivity (Wildman–Crippen MR) is 257 cm³/mol. The van der Waals surface area contributed by atoms with Crippen molar-refractivity contribution < 1.29 is 0 Å². The molecule has 0 amide bonds. The monoisotopic (exact) mass is 803 g/mol. The van der Waals surface area contributed by atoms with Crippen LogP contribution in [-0.4, -0.2) is 19.5 Å². The predicted octanol–water partition coefficient (Wildman–Crippen LogP) is 14.5. The van der Waals surface area contributed by atoms with Crippen LogP contribution in [0.2, 0.25) is 0 Å². The highest BCUT2D eigenvalue weighted by molar-refractivity contribution is 6.10. The van der Waals surface area contributed by atoms with E-state index in [1.54, 1.807) is 0 Å². The smallest absolute Gasteiger partial charge is 0.164 e. The summed E-state index contributed by atoms with van der Waals surface area (Å²) in [6.07, 6.45) is 0. The Bertz CT molecular complexity index is 3500. The molecule has 0 saturated heterocycles. The molecule has 0 saturated carbocycles. The second kappa shape index (κ2) is 16.0. The molecular formula is C58H37N5. The SMILES string of the molecule is N#Cc1cc(-c2ccccc2)cc(-c2cc(-c3nc(-c4ccccc4)nc(-c4cccc(-c5ccccc5)c4)n3)cc(-n3c4ccccc4c4ccc(-c5ccccc5)cc43)c2)c1. The maximum Gasteiger partial charge on any atom is 0.164 e. The molecule has 63 heavy (non-hydrogen) atoms. The molecule has 0 bridgehead atoms. The van der Waals surface area contributed by atoms with Gasteiger partial charge in [-0.05, 0) is 99.1 Å². The van der Waals surface area contributed by atoms with E-state index in [0.717, 1.165) is 88.7 Å². The Balaban J connectivity index is 1.18. The Hall–Kier alpha value is -8.72. The minimum Gasteiger partial charge on any atom is -0.309 e.